The molecule has 0 spiro atoms. The minimum Gasteiger partial charge on any atom is -0.504 e. The smallest absolute Gasteiger partial charge is 0.323 e. The number of amides is 2. The Morgan fingerprint density at radius 3 is 2.40 bits per heavy atom. The molecule has 2 amide bonds. The monoisotopic (exact) mass is 582 g/mol. The van der Waals surface area contributed by atoms with Crippen molar-refractivity contribution in [3.8, 4) is 11.5 Å². The first-order valence-corrected chi connectivity index (χ1v) is 15.2. The van der Waals surface area contributed by atoms with Gasteiger partial charge in [-0.2, -0.15) is 4.31 Å². The van der Waals surface area contributed by atoms with Gasteiger partial charge in [-0.25, -0.2) is 13.2 Å². The van der Waals surface area contributed by atoms with Crippen LogP contribution in [-0.2, 0) is 16.6 Å². The second-order valence-corrected chi connectivity index (χ2v) is 12.9. The minimum absolute atomic E-state index is 0.0668. The van der Waals surface area contributed by atoms with Crippen LogP contribution in [0.25, 0.3) is 0 Å². The second-order valence-electron chi connectivity index (χ2n) is 10.6. The van der Waals surface area contributed by atoms with Crippen molar-refractivity contribution in [2.75, 3.05) is 30.3 Å². The molecule has 3 aromatic carbocycles. The molecule has 2 heterocycles. The summed E-state index contributed by atoms with van der Waals surface area (Å²) in [6.45, 7) is 2.39. The topological polar surface area (TPSA) is 111 Å². The highest BCUT2D eigenvalue weighted by Crippen LogP contribution is 2.43. The van der Waals surface area contributed by atoms with Crippen molar-refractivity contribution >= 4 is 39.0 Å². The molecule has 11 heteroatoms. The molecule has 2 saturated heterocycles. The summed E-state index contributed by atoms with van der Waals surface area (Å²) in [6.07, 6.45) is 3.27. The van der Waals surface area contributed by atoms with E-state index in [-0.39, 0.29) is 27.7 Å². The van der Waals surface area contributed by atoms with Crippen LogP contribution in [0.3, 0.4) is 0 Å². The molecule has 3 aliphatic rings. The van der Waals surface area contributed by atoms with Crippen LogP contribution in [0.4, 0.5) is 16.2 Å². The number of nitrogens with zero attached hydrogens (tertiary/aromatic N) is 2. The second kappa shape index (κ2) is 10.9. The maximum atomic E-state index is 13.7. The van der Waals surface area contributed by atoms with Gasteiger partial charge < -0.3 is 20.5 Å². The third-order valence-electron chi connectivity index (χ3n) is 7.76. The number of likely N-dealkylation sites (tertiary alicyclic amines) is 1. The van der Waals surface area contributed by atoms with E-state index in [9.17, 15) is 18.3 Å². The molecular weight excluding hydrogens is 552 g/mol. The molecule has 2 aliphatic heterocycles. The zero-order chi connectivity index (χ0) is 27.9. The maximum absolute atomic E-state index is 13.7. The van der Waals surface area contributed by atoms with E-state index in [2.05, 4.69) is 15.5 Å². The Bertz CT molecular complexity index is 1520. The lowest BCUT2D eigenvalue weighted by atomic mass is 10.2. The van der Waals surface area contributed by atoms with Gasteiger partial charge in [-0.3, -0.25) is 4.90 Å². The number of rotatable bonds is 9. The number of carbonyl (C=O) groups excluding carboxylic acids is 1. The molecule has 40 heavy (non-hydrogen) atoms. The van der Waals surface area contributed by atoms with E-state index in [1.165, 1.54) is 29.3 Å². The number of nitrogens with one attached hydrogen (secondary N) is 2. The van der Waals surface area contributed by atoms with Gasteiger partial charge in [0.25, 0.3) is 0 Å². The van der Waals surface area contributed by atoms with Crippen molar-refractivity contribution in [2.45, 2.75) is 42.8 Å². The first kappa shape index (κ1) is 26.9. The van der Waals surface area contributed by atoms with Crippen molar-refractivity contribution in [1.29, 1.82) is 0 Å². The van der Waals surface area contributed by atoms with Gasteiger partial charge in [-0.15, -0.1) is 0 Å². The molecule has 1 saturated carbocycles. The molecule has 9 nitrogen and oxygen atoms in total. The molecule has 0 radical (unpaired) electrons. The number of aromatic hydroxyl groups is 1. The predicted octanol–water partition coefficient (Wildman–Crippen LogP) is 5.13. The number of urea groups is 1. The number of piperazine rings is 1. The molecule has 1 aliphatic carbocycles. The fraction of sp³-hybridized carbons (Fsp3) is 0.345. The average molecular weight is 583 g/mol. The number of carbonyl (C=O) groups is 1. The van der Waals surface area contributed by atoms with Crippen molar-refractivity contribution in [2.24, 2.45) is 5.92 Å². The molecular formula is C29H31ClN4O5S. The number of fused-ring (bicyclic) bond motifs is 2. The van der Waals surface area contributed by atoms with Crippen LogP contribution in [0, 0.1) is 5.92 Å². The lowest BCUT2D eigenvalue weighted by Crippen LogP contribution is -2.49. The number of sulfonamides is 1. The molecule has 210 valence electrons. The van der Waals surface area contributed by atoms with Crippen molar-refractivity contribution < 1.29 is 23.1 Å². The van der Waals surface area contributed by atoms with Crippen LogP contribution >= 0.6 is 11.6 Å². The van der Waals surface area contributed by atoms with E-state index < -0.39 is 21.8 Å². The van der Waals surface area contributed by atoms with E-state index >= 15 is 0 Å². The largest absolute Gasteiger partial charge is 0.504 e. The number of benzene rings is 3. The maximum Gasteiger partial charge on any atom is 0.323 e. The van der Waals surface area contributed by atoms with E-state index in [0.29, 0.717) is 31.1 Å². The van der Waals surface area contributed by atoms with Crippen molar-refractivity contribution in [3.05, 3.63) is 77.3 Å². The Balaban J connectivity index is 1.15. The Labute approximate surface area is 238 Å². The SMILES string of the molecule is O=C(Nc1ccccc1OCc1ccccc1)Nc1ccc(Cl)c(S(=O)(=O)N2C[C@@H]3C[C@H]2CN3CC2CC2)c1O. The Kier molecular flexibility index (Phi) is 7.35. The van der Waals surface area contributed by atoms with E-state index in [4.69, 9.17) is 16.3 Å². The zero-order valence-electron chi connectivity index (χ0n) is 21.8. The fourth-order valence-electron chi connectivity index (χ4n) is 5.58. The summed E-state index contributed by atoms with van der Waals surface area (Å²) in [5.41, 5.74) is 1.33. The van der Waals surface area contributed by atoms with Crippen molar-refractivity contribution in [1.82, 2.24) is 9.21 Å². The van der Waals surface area contributed by atoms with Crippen LogP contribution in [-0.4, -0.2) is 60.5 Å². The molecule has 6 rings (SSSR count). The summed E-state index contributed by atoms with van der Waals surface area (Å²) in [7, 11) is -4.09. The molecule has 3 N–H and O–H groups in total. The van der Waals surface area contributed by atoms with Crippen LogP contribution in [0.1, 0.15) is 24.8 Å². The molecule has 2 bridgehead atoms. The first-order chi connectivity index (χ1) is 19.3. The van der Waals surface area contributed by atoms with Gasteiger partial charge in [0, 0.05) is 31.7 Å². The van der Waals surface area contributed by atoms with Crippen LogP contribution in [0.5, 0.6) is 11.5 Å². The van der Waals surface area contributed by atoms with Gasteiger partial charge in [-0.05, 0) is 55.0 Å². The molecule has 3 aromatic rings. The standard InChI is InChI=1S/C29H31ClN4O5S/c30-23-12-13-25(32-29(36)31-24-8-4-5-9-26(24)39-18-20-6-2-1-3-7-20)27(35)28(23)40(37,38)34-17-21-14-22(34)16-33(21)15-19-10-11-19/h1-9,12-13,19,21-22,35H,10-11,14-18H2,(H2,31,32,36)/t21-,22-/m0/s1. The number of anilines is 2. The van der Waals surface area contributed by atoms with Gasteiger partial charge in [0.1, 0.15) is 17.3 Å². The van der Waals surface area contributed by atoms with Gasteiger partial charge in [0.05, 0.1) is 16.4 Å². The lowest BCUT2D eigenvalue weighted by Gasteiger charge is -2.33. The molecule has 3 fully saturated rings. The normalized spacial score (nSPS) is 20.9. The number of phenolic OH excluding ortho intramolecular Hbond substituents is 1. The highest BCUT2D eigenvalue weighted by molar-refractivity contribution is 7.89. The van der Waals surface area contributed by atoms with Crippen LogP contribution in [0.15, 0.2) is 71.6 Å². The summed E-state index contributed by atoms with van der Waals surface area (Å²) in [5, 5.41) is 16.2. The Hall–Kier alpha value is -3.31. The van der Waals surface area contributed by atoms with E-state index in [0.717, 1.165) is 24.4 Å². The fourth-order valence-corrected chi connectivity index (χ4v) is 7.84. The van der Waals surface area contributed by atoms with Gasteiger partial charge in [-0.1, -0.05) is 54.1 Å². The Morgan fingerprint density at radius 1 is 0.950 bits per heavy atom. The van der Waals surface area contributed by atoms with Gasteiger partial charge in [0.15, 0.2) is 5.75 Å². The number of ether oxygens (including phenoxy) is 1. The predicted molar refractivity (Wildman–Crippen MR) is 153 cm³/mol. The molecule has 0 aromatic heterocycles. The van der Waals surface area contributed by atoms with Crippen molar-refractivity contribution in [3.63, 3.8) is 0 Å². The van der Waals surface area contributed by atoms with Crippen LogP contribution < -0.4 is 15.4 Å². The summed E-state index contributed by atoms with van der Waals surface area (Å²) in [4.78, 5) is 14.9. The van der Waals surface area contributed by atoms with E-state index in [1.807, 2.05) is 30.3 Å². The van der Waals surface area contributed by atoms with E-state index in [1.54, 1.807) is 24.3 Å². The summed E-state index contributed by atoms with van der Waals surface area (Å²) in [6, 6.07) is 18.7. The quantitative estimate of drug-likeness (QED) is 0.302. The Morgan fingerprint density at radius 2 is 1.68 bits per heavy atom. The highest BCUT2D eigenvalue weighted by Gasteiger charge is 2.50. The number of phenols is 1. The highest BCUT2D eigenvalue weighted by atomic mass is 35.5. The van der Waals surface area contributed by atoms with Gasteiger partial charge in [0.2, 0.25) is 10.0 Å². The number of hydrogen-bond donors (Lipinski definition) is 3. The summed E-state index contributed by atoms with van der Waals surface area (Å²) < 4.78 is 34.7. The number of halogens is 1. The number of hydrogen-bond acceptors (Lipinski definition) is 6. The average Bonchev–Trinajstić information content (AvgIpc) is 3.52. The van der Waals surface area contributed by atoms with Crippen LogP contribution in [0.2, 0.25) is 5.02 Å². The minimum atomic E-state index is -4.09. The third-order valence-corrected chi connectivity index (χ3v) is 10.2. The zero-order valence-corrected chi connectivity index (χ0v) is 23.4. The summed E-state index contributed by atoms with van der Waals surface area (Å²) >= 11 is 6.32. The molecule has 2 atom stereocenters. The third kappa shape index (κ3) is 5.49. The first-order valence-electron chi connectivity index (χ1n) is 13.4. The lowest BCUT2D eigenvalue weighted by molar-refractivity contribution is 0.175. The number of para-hydroxylation sites is 2. The van der Waals surface area contributed by atoms with Gasteiger partial charge >= 0.3 is 6.03 Å². The summed E-state index contributed by atoms with van der Waals surface area (Å²) in [5.74, 6) is 0.609. The molecule has 0 unspecified atom stereocenters.